The van der Waals surface area contributed by atoms with Crippen molar-refractivity contribution in [2.75, 3.05) is 0 Å². The Morgan fingerprint density at radius 3 is 2.56 bits per heavy atom. The molecule has 18 heavy (non-hydrogen) atoms. The fraction of sp³-hybridized carbons (Fsp3) is 0.615. The molecule has 0 radical (unpaired) electrons. The number of pyridine rings is 1. The smallest absolute Gasteiger partial charge is 0.278 e. The molecule has 0 fully saturated rings. The van der Waals surface area contributed by atoms with Crippen LogP contribution >= 0.6 is 0 Å². The zero-order valence-corrected chi connectivity index (χ0v) is 11.4. The van der Waals surface area contributed by atoms with Gasteiger partial charge in [0.15, 0.2) is 0 Å². The highest BCUT2D eigenvalue weighted by Gasteiger charge is 2.19. The van der Waals surface area contributed by atoms with Crippen molar-refractivity contribution in [2.45, 2.75) is 46.6 Å². The molecule has 1 aromatic rings. The molecule has 2 N–H and O–H groups in total. The first-order valence-corrected chi connectivity index (χ1v) is 6.19. The molecule has 5 heteroatoms. The second kappa shape index (κ2) is 5.91. The van der Waals surface area contributed by atoms with Crippen LogP contribution in [-0.4, -0.2) is 15.9 Å². The average Bonchev–Trinajstić information content (AvgIpc) is 2.27. The van der Waals surface area contributed by atoms with Crippen LogP contribution in [-0.2, 0) is 6.42 Å². The lowest BCUT2D eigenvalue weighted by atomic mass is 9.97. The van der Waals surface area contributed by atoms with Crippen molar-refractivity contribution in [1.29, 1.82) is 0 Å². The van der Waals surface area contributed by atoms with E-state index in [1.54, 1.807) is 20.0 Å². The summed E-state index contributed by atoms with van der Waals surface area (Å²) in [4.78, 5) is 15.0. The summed E-state index contributed by atoms with van der Waals surface area (Å²) in [5.74, 6) is 0.408. The molecule has 0 saturated carbocycles. The van der Waals surface area contributed by atoms with Crippen LogP contribution in [0.1, 0.15) is 37.1 Å². The van der Waals surface area contributed by atoms with Gasteiger partial charge < -0.3 is 5.73 Å². The van der Waals surface area contributed by atoms with Crippen LogP contribution in [0.3, 0.4) is 0 Å². The molecule has 0 aliphatic carbocycles. The van der Waals surface area contributed by atoms with Crippen LogP contribution < -0.4 is 5.73 Å². The largest absolute Gasteiger partial charge is 0.327 e. The summed E-state index contributed by atoms with van der Waals surface area (Å²) in [7, 11) is 0. The molecule has 0 aromatic carbocycles. The molecule has 100 valence electrons. The number of nitro groups is 1. The van der Waals surface area contributed by atoms with Crippen molar-refractivity contribution in [3.8, 4) is 0 Å². The van der Waals surface area contributed by atoms with Crippen molar-refractivity contribution in [3.05, 3.63) is 33.1 Å². The Hall–Kier alpha value is -1.49. The molecule has 1 aromatic heterocycles. The first-order chi connectivity index (χ1) is 8.34. The molecule has 0 aliphatic heterocycles. The van der Waals surface area contributed by atoms with Crippen molar-refractivity contribution >= 4 is 5.69 Å². The maximum atomic E-state index is 11.0. The van der Waals surface area contributed by atoms with Crippen LogP contribution in [0.5, 0.6) is 0 Å². The van der Waals surface area contributed by atoms with Crippen molar-refractivity contribution in [2.24, 2.45) is 11.7 Å². The first-order valence-electron chi connectivity index (χ1n) is 6.19. The van der Waals surface area contributed by atoms with Crippen LogP contribution in [0.25, 0.3) is 0 Å². The summed E-state index contributed by atoms with van der Waals surface area (Å²) in [5, 5.41) is 11.0. The quantitative estimate of drug-likeness (QED) is 0.644. The fourth-order valence-corrected chi connectivity index (χ4v) is 1.93. The number of hydrogen-bond donors (Lipinski definition) is 1. The van der Waals surface area contributed by atoms with Crippen LogP contribution in [0.4, 0.5) is 5.69 Å². The zero-order chi connectivity index (χ0) is 13.9. The van der Waals surface area contributed by atoms with Gasteiger partial charge in [-0.3, -0.25) is 15.1 Å². The average molecular weight is 251 g/mol. The highest BCUT2D eigenvalue weighted by molar-refractivity contribution is 5.47. The van der Waals surface area contributed by atoms with E-state index in [0.717, 1.165) is 12.1 Å². The van der Waals surface area contributed by atoms with Crippen LogP contribution in [0.15, 0.2) is 6.20 Å². The van der Waals surface area contributed by atoms with Gasteiger partial charge in [-0.1, -0.05) is 13.8 Å². The summed E-state index contributed by atoms with van der Waals surface area (Å²) in [6.07, 6.45) is 3.05. The maximum absolute atomic E-state index is 11.0. The third-order valence-corrected chi connectivity index (χ3v) is 3.33. The Morgan fingerprint density at radius 1 is 1.44 bits per heavy atom. The third kappa shape index (κ3) is 3.26. The Kier molecular flexibility index (Phi) is 4.78. The molecule has 5 nitrogen and oxygen atoms in total. The number of aromatic nitrogens is 1. The molecule has 1 rings (SSSR count). The van der Waals surface area contributed by atoms with E-state index in [0.29, 0.717) is 23.5 Å². The fourth-order valence-electron chi connectivity index (χ4n) is 1.93. The minimum absolute atomic E-state index is 0.103. The molecular weight excluding hydrogens is 230 g/mol. The molecule has 0 bridgehead atoms. The van der Waals surface area contributed by atoms with Gasteiger partial charge in [0.25, 0.3) is 5.69 Å². The lowest BCUT2D eigenvalue weighted by Gasteiger charge is -2.15. The second-order valence-electron chi connectivity index (χ2n) is 5.07. The molecule has 0 saturated heterocycles. The predicted molar refractivity (Wildman–Crippen MR) is 71.5 cm³/mol. The van der Waals surface area contributed by atoms with Gasteiger partial charge in [-0.05, 0) is 32.6 Å². The number of rotatable bonds is 5. The van der Waals surface area contributed by atoms with E-state index < -0.39 is 0 Å². The highest BCUT2D eigenvalue weighted by atomic mass is 16.6. The highest BCUT2D eigenvalue weighted by Crippen LogP contribution is 2.25. The minimum atomic E-state index is -0.335. The standard InChI is InChI=1S/C13H21N3O2/c1-8(2)11(14)5-6-12-10(4)13(16(17)18)9(3)7-15-12/h7-8,11H,5-6,14H2,1-4H3. The predicted octanol–water partition coefficient (Wildman–Crippen LogP) is 2.52. The van der Waals surface area contributed by atoms with Gasteiger partial charge in [0.1, 0.15) is 0 Å². The summed E-state index contributed by atoms with van der Waals surface area (Å²) < 4.78 is 0. The topological polar surface area (TPSA) is 82.0 Å². The second-order valence-corrected chi connectivity index (χ2v) is 5.07. The van der Waals surface area contributed by atoms with Crippen LogP contribution in [0, 0.1) is 29.9 Å². The number of hydrogen-bond acceptors (Lipinski definition) is 4. The lowest BCUT2D eigenvalue weighted by Crippen LogP contribution is -2.27. The van der Waals surface area contributed by atoms with E-state index in [-0.39, 0.29) is 16.7 Å². The number of aryl methyl sites for hydroxylation is 2. The summed E-state index contributed by atoms with van der Waals surface area (Å²) in [6, 6.07) is 0.103. The zero-order valence-electron chi connectivity index (χ0n) is 11.4. The van der Waals surface area contributed by atoms with Crippen molar-refractivity contribution in [3.63, 3.8) is 0 Å². The van der Waals surface area contributed by atoms with Crippen LogP contribution in [0.2, 0.25) is 0 Å². The van der Waals surface area contributed by atoms with Crippen molar-refractivity contribution in [1.82, 2.24) is 4.98 Å². The third-order valence-electron chi connectivity index (χ3n) is 3.33. The molecule has 0 amide bonds. The SMILES string of the molecule is Cc1cnc(CCC(N)C(C)C)c(C)c1[N+](=O)[O-]. The monoisotopic (exact) mass is 251 g/mol. The van der Waals surface area contributed by atoms with Gasteiger partial charge in [0, 0.05) is 23.4 Å². The van der Waals surface area contributed by atoms with E-state index in [9.17, 15) is 10.1 Å². The van der Waals surface area contributed by atoms with E-state index in [2.05, 4.69) is 18.8 Å². The van der Waals surface area contributed by atoms with E-state index in [1.165, 1.54) is 0 Å². The Labute approximate surface area is 108 Å². The van der Waals surface area contributed by atoms with Gasteiger partial charge in [0.2, 0.25) is 0 Å². The molecular formula is C13H21N3O2. The van der Waals surface area contributed by atoms with Gasteiger partial charge in [-0.25, -0.2) is 0 Å². The lowest BCUT2D eigenvalue weighted by molar-refractivity contribution is -0.386. The van der Waals surface area contributed by atoms with Gasteiger partial charge in [-0.2, -0.15) is 0 Å². The minimum Gasteiger partial charge on any atom is -0.327 e. The Morgan fingerprint density at radius 2 is 2.06 bits per heavy atom. The van der Waals surface area contributed by atoms with Gasteiger partial charge in [-0.15, -0.1) is 0 Å². The van der Waals surface area contributed by atoms with Gasteiger partial charge >= 0.3 is 0 Å². The Balaban J connectivity index is 2.91. The molecule has 0 spiro atoms. The van der Waals surface area contributed by atoms with E-state index >= 15 is 0 Å². The molecule has 1 heterocycles. The molecule has 1 atom stereocenters. The van der Waals surface area contributed by atoms with E-state index in [4.69, 9.17) is 5.73 Å². The normalized spacial score (nSPS) is 12.8. The maximum Gasteiger partial charge on any atom is 0.278 e. The summed E-state index contributed by atoms with van der Waals surface area (Å²) in [5.41, 5.74) is 8.21. The van der Waals surface area contributed by atoms with Crippen molar-refractivity contribution < 1.29 is 4.92 Å². The number of nitrogens with zero attached hydrogens (tertiary/aromatic N) is 2. The number of nitrogens with two attached hydrogens (primary N) is 1. The summed E-state index contributed by atoms with van der Waals surface area (Å²) >= 11 is 0. The Bertz CT molecular complexity index is 444. The van der Waals surface area contributed by atoms with E-state index in [1.807, 2.05) is 0 Å². The van der Waals surface area contributed by atoms with Gasteiger partial charge in [0.05, 0.1) is 10.6 Å². The molecule has 0 aliphatic rings. The summed E-state index contributed by atoms with van der Waals surface area (Å²) in [6.45, 7) is 7.61. The molecule has 1 unspecified atom stereocenters. The first kappa shape index (κ1) is 14.6.